The van der Waals surface area contributed by atoms with Gasteiger partial charge in [-0.05, 0) is 23.9 Å². The normalized spacial score (nSPS) is 17.0. The van der Waals surface area contributed by atoms with Crippen molar-refractivity contribution in [3.05, 3.63) is 40.1 Å². The smallest absolute Gasteiger partial charge is 0.233 e. The Hall–Kier alpha value is -1.86. The number of thioether (sulfide) groups is 1. The van der Waals surface area contributed by atoms with Gasteiger partial charge in [0.15, 0.2) is 11.5 Å². The minimum atomic E-state index is -0.0813. The molecule has 2 aromatic rings. The van der Waals surface area contributed by atoms with Crippen molar-refractivity contribution >= 4 is 29.0 Å². The fraction of sp³-hybridized carbons (Fsp3) is 0.389. The van der Waals surface area contributed by atoms with Crippen molar-refractivity contribution in [2.24, 2.45) is 0 Å². The van der Waals surface area contributed by atoms with E-state index < -0.39 is 0 Å². The maximum Gasteiger partial charge on any atom is 0.233 e. The molecule has 0 aliphatic carbocycles. The molecule has 1 fully saturated rings. The molecule has 0 saturated carbocycles. The van der Waals surface area contributed by atoms with Gasteiger partial charge in [-0.2, -0.15) is 0 Å². The first kappa shape index (κ1) is 17.9. The van der Waals surface area contributed by atoms with E-state index >= 15 is 0 Å². The van der Waals surface area contributed by atoms with Gasteiger partial charge in [0.1, 0.15) is 11.1 Å². The third kappa shape index (κ3) is 3.72. The quantitative estimate of drug-likeness (QED) is 0.736. The summed E-state index contributed by atoms with van der Waals surface area (Å²) in [5.74, 6) is 2.58. The molecule has 1 aromatic heterocycles. The number of rotatable bonds is 7. The van der Waals surface area contributed by atoms with Gasteiger partial charge in [0.2, 0.25) is 5.91 Å². The van der Waals surface area contributed by atoms with Crippen LogP contribution in [0.1, 0.15) is 15.8 Å². The molecule has 134 valence electrons. The molecule has 1 amide bonds. The maximum absolute atomic E-state index is 12.4. The molecule has 3 rings (SSSR count). The van der Waals surface area contributed by atoms with Gasteiger partial charge in [0, 0.05) is 23.1 Å². The zero-order valence-corrected chi connectivity index (χ0v) is 16.1. The second-order valence-corrected chi connectivity index (χ2v) is 7.63. The van der Waals surface area contributed by atoms with Crippen molar-refractivity contribution in [3.63, 3.8) is 0 Å². The van der Waals surface area contributed by atoms with E-state index in [1.807, 2.05) is 23.1 Å². The monoisotopic (exact) mass is 379 g/mol. The summed E-state index contributed by atoms with van der Waals surface area (Å²) in [7, 11) is 4.83. The van der Waals surface area contributed by atoms with E-state index in [0.717, 1.165) is 12.0 Å². The second-order valence-electron chi connectivity index (χ2n) is 5.53. The highest BCUT2D eigenvalue weighted by Crippen LogP contribution is 2.46. The Morgan fingerprint density at radius 3 is 2.48 bits per heavy atom. The molecule has 0 spiro atoms. The molecule has 0 N–H and O–H groups in total. The average Bonchev–Trinajstić information content (AvgIpc) is 3.28. The molecule has 2 heterocycles. The van der Waals surface area contributed by atoms with Gasteiger partial charge < -0.3 is 19.1 Å². The van der Waals surface area contributed by atoms with Crippen LogP contribution in [0.5, 0.6) is 17.2 Å². The maximum atomic E-state index is 12.4. The molecule has 1 aliphatic rings. The first-order valence-corrected chi connectivity index (χ1v) is 9.84. The van der Waals surface area contributed by atoms with Crippen molar-refractivity contribution in [1.82, 2.24) is 4.90 Å². The lowest BCUT2D eigenvalue weighted by atomic mass is 10.1. The molecule has 1 saturated heterocycles. The van der Waals surface area contributed by atoms with Gasteiger partial charge in [0.25, 0.3) is 0 Å². The highest BCUT2D eigenvalue weighted by Gasteiger charge is 2.35. The zero-order chi connectivity index (χ0) is 17.8. The van der Waals surface area contributed by atoms with Crippen LogP contribution in [0.4, 0.5) is 0 Å². The Morgan fingerprint density at radius 1 is 1.12 bits per heavy atom. The van der Waals surface area contributed by atoms with E-state index in [1.54, 1.807) is 44.4 Å². The van der Waals surface area contributed by atoms with Crippen molar-refractivity contribution in [2.75, 3.05) is 33.6 Å². The van der Waals surface area contributed by atoms with E-state index in [0.29, 0.717) is 29.5 Å². The number of amides is 1. The first-order valence-electron chi connectivity index (χ1n) is 7.91. The van der Waals surface area contributed by atoms with Crippen LogP contribution >= 0.6 is 23.1 Å². The van der Waals surface area contributed by atoms with Crippen LogP contribution in [0.15, 0.2) is 29.6 Å². The number of nitrogens with zero attached hydrogens (tertiary/aromatic N) is 1. The minimum Gasteiger partial charge on any atom is -0.496 e. The van der Waals surface area contributed by atoms with Crippen LogP contribution in [0.3, 0.4) is 0 Å². The lowest BCUT2D eigenvalue weighted by Gasteiger charge is -2.26. The van der Waals surface area contributed by atoms with Crippen LogP contribution in [0.25, 0.3) is 0 Å². The Labute approximate surface area is 155 Å². The molecule has 0 bridgehead atoms. The predicted octanol–water partition coefficient (Wildman–Crippen LogP) is 3.59. The molecular formula is C18H21NO4S2. The topological polar surface area (TPSA) is 48.0 Å². The Morgan fingerprint density at radius 2 is 1.84 bits per heavy atom. The van der Waals surface area contributed by atoms with Gasteiger partial charge >= 0.3 is 0 Å². The summed E-state index contributed by atoms with van der Waals surface area (Å²) >= 11 is 3.33. The van der Waals surface area contributed by atoms with E-state index in [1.165, 1.54) is 4.88 Å². The molecule has 0 radical (unpaired) electrons. The highest BCUT2D eigenvalue weighted by atomic mass is 32.2. The lowest BCUT2D eigenvalue weighted by molar-refractivity contribution is -0.128. The number of carbonyl (C=O) groups is 1. The van der Waals surface area contributed by atoms with Crippen LogP contribution in [0.2, 0.25) is 0 Å². The number of ether oxygens (including phenoxy) is 3. The highest BCUT2D eigenvalue weighted by molar-refractivity contribution is 8.00. The van der Waals surface area contributed by atoms with Gasteiger partial charge in [-0.1, -0.05) is 6.07 Å². The lowest BCUT2D eigenvalue weighted by Crippen LogP contribution is -2.30. The summed E-state index contributed by atoms with van der Waals surface area (Å²) < 4.78 is 16.3. The molecule has 7 heteroatoms. The second kappa shape index (κ2) is 8.01. The van der Waals surface area contributed by atoms with Gasteiger partial charge in [-0.15, -0.1) is 23.1 Å². The fourth-order valence-electron chi connectivity index (χ4n) is 2.88. The van der Waals surface area contributed by atoms with Crippen molar-refractivity contribution < 1.29 is 19.0 Å². The van der Waals surface area contributed by atoms with E-state index in [4.69, 9.17) is 14.2 Å². The summed E-state index contributed by atoms with van der Waals surface area (Å²) in [5.41, 5.74) is 0.933. The summed E-state index contributed by atoms with van der Waals surface area (Å²) in [6.45, 7) is 0.689. The summed E-state index contributed by atoms with van der Waals surface area (Å²) in [6, 6.07) is 7.86. The molecular weight excluding hydrogens is 358 g/mol. The average molecular weight is 380 g/mol. The van der Waals surface area contributed by atoms with Gasteiger partial charge in [-0.3, -0.25) is 4.79 Å². The van der Waals surface area contributed by atoms with E-state index in [2.05, 4.69) is 11.4 Å². The Bertz CT molecular complexity index is 733. The Kier molecular flexibility index (Phi) is 5.75. The van der Waals surface area contributed by atoms with Crippen LogP contribution in [-0.4, -0.2) is 44.4 Å². The molecule has 5 nitrogen and oxygen atoms in total. The van der Waals surface area contributed by atoms with Crippen molar-refractivity contribution in [2.45, 2.75) is 11.8 Å². The van der Waals surface area contributed by atoms with Crippen molar-refractivity contribution in [3.8, 4) is 17.2 Å². The van der Waals surface area contributed by atoms with E-state index in [-0.39, 0.29) is 11.3 Å². The third-order valence-electron chi connectivity index (χ3n) is 4.15. The molecule has 1 aromatic carbocycles. The molecule has 1 atom stereocenters. The zero-order valence-electron chi connectivity index (χ0n) is 14.5. The molecule has 25 heavy (non-hydrogen) atoms. The number of benzene rings is 1. The fourth-order valence-corrected chi connectivity index (χ4v) is 4.82. The number of hydrogen-bond donors (Lipinski definition) is 0. The number of thiophene rings is 1. The van der Waals surface area contributed by atoms with Crippen LogP contribution < -0.4 is 14.2 Å². The van der Waals surface area contributed by atoms with Gasteiger partial charge in [-0.25, -0.2) is 0 Å². The van der Waals surface area contributed by atoms with Crippen molar-refractivity contribution in [1.29, 1.82) is 0 Å². The summed E-state index contributed by atoms with van der Waals surface area (Å²) in [6.07, 6.45) is 0.857. The first-order chi connectivity index (χ1) is 12.2. The summed E-state index contributed by atoms with van der Waals surface area (Å²) in [4.78, 5) is 15.6. The standard InChI is InChI=1S/C18H21NO4S2/c1-21-14-10-16(23-3)15(22-2)9-13(14)18-19(17(20)11-25-18)7-6-12-5-4-8-24-12/h4-5,8-10,18H,6-7,11H2,1-3H3. The number of hydrogen-bond acceptors (Lipinski definition) is 6. The van der Waals surface area contributed by atoms with Crippen LogP contribution in [0, 0.1) is 0 Å². The third-order valence-corrected chi connectivity index (χ3v) is 6.32. The minimum absolute atomic E-state index is 0.0813. The molecule has 1 unspecified atom stereocenters. The van der Waals surface area contributed by atoms with Gasteiger partial charge in [0.05, 0.1) is 27.1 Å². The SMILES string of the molecule is COc1cc(OC)c(C2SCC(=O)N2CCc2cccs2)cc1OC. The predicted molar refractivity (Wildman–Crippen MR) is 101 cm³/mol. The van der Waals surface area contributed by atoms with Crippen LogP contribution in [-0.2, 0) is 11.2 Å². The van der Waals surface area contributed by atoms with E-state index in [9.17, 15) is 4.79 Å². The Balaban J connectivity index is 1.88. The molecule has 1 aliphatic heterocycles. The number of methoxy groups -OCH3 is 3. The largest absolute Gasteiger partial charge is 0.496 e. The summed E-state index contributed by atoms with van der Waals surface area (Å²) in [5, 5.41) is 1.98. The number of carbonyl (C=O) groups excluding carboxylic acids is 1.